The number of nitrogen functional groups attached to an aromatic ring is 1. The number of benzene rings is 1. The van der Waals surface area contributed by atoms with Crippen molar-refractivity contribution in [2.45, 2.75) is 39.8 Å². The number of nitrogens with one attached hydrogen (secondary N) is 1. The molecular formula is C20H29BrN4O. The van der Waals surface area contributed by atoms with E-state index < -0.39 is 0 Å². The van der Waals surface area contributed by atoms with Gasteiger partial charge in [0.05, 0.1) is 0 Å². The van der Waals surface area contributed by atoms with Crippen LogP contribution in [0, 0.1) is 0 Å². The molecule has 5 nitrogen and oxygen atoms in total. The molecule has 2 rings (SSSR count). The number of anilines is 2. The van der Waals surface area contributed by atoms with Crippen molar-refractivity contribution in [3.63, 3.8) is 0 Å². The fourth-order valence-electron chi connectivity index (χ4n) is 2.41. The SMILES string of the molecule is CC.C\C=C/C(=C\C=C\Br)C1CCN=C(Nc2ccc(N)c(CN)c2)O1. The van der Waals surface area contributed by atoms with Crippen molar-refractivity contribution in [2.75, 3.05) is 17.6 Å². The normalized spacial score (nSPS) is 17.5. The molecule has 1 aromatic carbocycles. The second-order valence-electron chi connectivity index (χ2n) is 5.31. The van der Waals surface area contributed by atoms with Gasteiger partial charge in [-0.25, -0.2) is 4.99 Å². The predicted molar refractivity (Wildman–Crippen MR) is 116 cm³/mol. The van der Waals surface area contributed by atoms with Crippen molar-refractivity contribution in [2.24, 2.45) is 10.7 Å². The summed E-state index contributed by atoms with van der Waals surface area (Å²) in [4.78, 5) is 6.23. The fourth-order valence-corrected chi connectivity index (χ4v) is 2.56. The Bertz CT molecular complexity index is 680. The average molecular weight is 421 g/mol. The summed E-state index contributed by atoms with van der Waals surface area (Å²) in [5, 5.41) is 3.20. The molecule has 1 aliphatic heterocycles. The van der Waals surface area contributed by atoms with Gasteiger partial charge in [-0.2, -0.15) is 0 Å². The maximum atomic E-state index is 6.01. The molecule has 0 spiro atoms. The highest BCUT2D eigenvalue weighted by molar-refractivity contribution is 9.11. The Balaban J connectivity index is 0.00000163. The monoisotopic (exact) mass is 420 g/mol. The summed E-state index contributed by atoms with van der Waals surface area (Å²) in [5.74, 6) is 0. The van der Waals surface area contributed by atoms with Gasteiger partial charge in [0, 0.05) is 30.9 Å². The van der Waals surface area contributed by atoms with E-state index in [0.29, 0.717) is 24.8 Å². The van der Waals surface area contributed by atoms with E-state index in [-0.39, 0.29) is 6.10 Å². The molecule has 142 valence electrons. The van der Waals surface area contributed by atoms with E-state index in [1.807, 2.05) is 62.2 Å². The molecule has 1 aliphatic rings. The van der Waals surface area contributed by atoms with Crippen molar-refractivity contribution in [3.8, 4) is 0 Å². The first-order valence-corrected chi connectivity index (χ1v) is 9.75. The molecule has 1 unspecified atom stereocenters. The van der Waals surface area contributed by atoms with Crippen molar-refractivity contribution in [1.29, 1.82) is 0 Å². The van der Waals surface area contributed by atoms with Crippen molar-refractivity contribution in [1.82, 2.24) is 0 Å². The Kier molecular flexibility index (Phi) is 10.4. The first-order valence-electron chi connectivity index (χ1n) is 8.84. The summed E-state index contributed by atoms with van der Waals surface area (Å²) >= 11 is 3.28. The van der Waals surface area contributed by atoms with Gasteiger partial charge in [0.25, 0.3) is 6.02 Å². The quantitative estimate of drug-likeness (QED) is 0.474. The summed E-state index contributed by atoms with van der Waals surface area (Å²) in [5.41, 5.74) is 15.1. The van der Waals surface area contributed by atoms with Crippen LogP contribution in [0.15, 0.2) is 58.1 Å². The smallest absolute Gasteiger partial charge is 0.289 e. The number of nitrogens with zero attached hydrogens (tertiary/aromatic N) is 1. The number of amidine groups is 1. The van der Waals surface area contributed by atoms with Crippen LogP contribution in [-0.2, 0) is 11.3 Å². The number of allylic oxidation sites excluding steroid dienone is 3. The maximum absolute atomic E-state index is 6.01. The first-order chi connectivity index (χ1) is 12.7. The molecule has 1 atom stereocenters. The summed E-state index contributed by atoms with van der Waals surface area (Å²) in [6, 6.07) is 6.15. The summed E-state index contributed by atoms with van der Waals surface area (Å²) in [6.07, 6.45) is 8.82. The molecule has 5 N–H and O–H groups in total. The standard InChI is InChI=1S/C18H23BrN4O.C2H6/c1-2-4-13(5-3-9-19)17-8-10-22-18(24-17)23-15-6-7-16(21)14(11-15)12-20;1-2/h2-7,9,11,17H,8,10,12,20-21H2,1H3,(H,22,23);1-2H3/b4-2-,9-3+,13-5+;. The second kappa shape index (κ2) is 12.3. The zero-order valence-electron chi connectivity index (χ0n) is 15.7. The Morgan fingerprint density at radius 3 is 2.85 bits per heavy atom. The van der Waals surface area contributed by atoms with Crippen molar-refractivity contribution < 1.29 is 4.74 Å². The van der Waals surface area contributed by atoms with Crippen molar-refractivity contribution in [3.05, 3.63) is 58.6 Å². The number of rotatable bonds is 5. The third-order valence-electron chi connectivity index (χ3n) is 3.61. The van der Waals surface area contributed by atoms with Crippen LogP contribution in [0.4, 0.5) is 11.4 Å². The zero-order chi connectivity index (χ0) is 19.4. The molecule has 0 fully saturated rings. The molecular weight excluding hydrogens is 392 g/mol. The van der Waals surface area contributed by atoms with Gasteiger partial charge < -0.3 is 21.5 Å². The minimum absolute atomic E-state index is 0.0346. The molecule has 26 heavy (non-hydrogen) atoms. The van der Waals surface area contributed by atoms with Crippen molar-refractivity contribution >= 4 is 33.3 Å². The van der Waals surface area contributed by atoms with E-state index in [1.165, 1.54) is 0 Å². The third-order valence-corrected chi connectivity index (χ3v) is 3.91. The van der Waals surface area contributed by atoms with Gasteiger partial charge in [-0.15, -0.1) is 0 Å². The summed E-state index contributed by atoms with van der Waals surface area (Å²) in [7, 11) is 0. The van der Waals surface area contributed by atoms with Crippen LogP contribution in [0.25, 0.3) is 0 Å². The highest BCUT2D eigenvalue weighted by Gasteiger charge is 2.20. The largest absolute Gasteiger partial charge is 0.457 e. The van der Waals surface area contributed by atoms with Crippen LogP contribution in [-0.4, -0.2) is 18.7 Å². The van der Waals surface area contributed by atoms with E-state index in [9.17, 15) is 0 Å². The molecule has 1 heterocycles. The van der Waals surface area contributed by atoms with E-state index >= 15 is 0 Å². The third kappa shape index (κ3) is 6.69. The van der Waals surface area contributed by atoms with Gasteiger partial charge in [-0.1, -0.05) is 54.1 Å². The van der Waals surface area contributed by atoms with Crippen LogP contribution in [0.2, 0.25) is 0 Å². The number of ether oxygens (including phenoxy) is 1. The number of nitrogens with two attached hydrogens (primary N) is 2. The number of hydrogen-bond donors (Lipinski definition) is 3. The predicted octanol–water partition coefficient (Wildman–Crippen LogP) is 4.72. The topological polar surface area (TPSA) is 85.7 Å². The fraction of sp³-hybridized carbons (Fsp3) is 0.350. The zero-order valence-corrected chi connectivity index (χ0v) is 17.3. The molecule has 6 heteroatoms. The lowest BCUT2D eigenvalue weighted by Crippen LogP contribution is -2.30. The van der Waals surface area contributed by atoms with Crippen LogP contribution < -0.4 is 16.8 Å². The van der Waals surface area contributed by atoms with E-state index in [2.05, 4.69) is 32.3 Å². The lowest BCUT2D eigenvalue weighted by Gasteiger charge is -2.25. The highest BCUT2D eigenvalue weighted by Crippen LogP contribution is 2.21. The Morgan fingerprint density at radius 1 is 1.42 bits per heavy atom. The molecule has 0 radical (unpaired) electrons. The molecule has 0 aromatic heterocycles. The number of hydrogen-bond acceptors (Lipinski definition) is 5. The molecule has 1 aromatic rings. The average Bonchev–Trinajstić information content (AvgIpc) is 2.68. The number of halogens is 1. The van der Waals surface area contributed by atoms with Crippen LogP contribution >= 0.6 is 15.9 Å². The van der Waals surface area contributed by atoms with E-state index in [1.54, 1.807) is 0 Å². The van der Waals surface area contributed by atoms with Gasteiger partial charge >= 0.3 is 0 Å². The first kappa shape index (κ1) is 22.0. The van der Waals surface area contributed by atoms with Crippen LogP contribution in [0.1, 0.15) is 32.8 Å². The lowest BCUT2D eigenvalue weighted by atomic mass is 10.1. The number of aliphatic imine (C=N–C) groups is 1. The summed E-state index contributed by atoms with van der Waals surface area (Å²) < 4.78 is 6.01. The molecule has 0 saturated heterocycles. The Labute approximate surface area is 165 Å². The Morgan fingerprint density at radius 2 is 2.19 bits per heavy atom. The van der Waals surface area contributed by atoms with E-state index in [4.69, 9.17) is 16.2 Å². The van der Waals surface area contributed by atoms with Gasteiger partial charge in [-0.3, -0.25) is 0 Å². The molecule has 0 amide bonds. The minimum Gasteiger partial charge on any atom is -0.457 e. The highest BCUT2D eigenvalue weighted by atomic mass is 79.9. The molecule has 0 saturated carbocycles. The maximum Gasteiger partial charge on any atom is 0.289 e. The summed E-state index contributed by atoms with van der Waals surface area (Å²) in [6.45, 7) is 7.09. The van der Waals surface area contributed by atoms with Crippen LogP contribution in [0.5, 0.6) is 0 Å². The minimum atomic E-state index is -0.0346. The Hall–Kier alpha value is -2.05. The second-order valence-corrected chi connectivity index (χ2v) is 5.84. The van der Waals surface area contributed by atoms with E-state index in [0.717, 1.165) is 23.2 Å². The van der Waals surface area contributed by atoms with Gasteiger partial charge in [0.2, 0.25) is 0 Å². The van der Waals surface area contributed by atoms with Gasteiger partial charge in [-0.05, 0) is 41.2 Å². The molecule has 0 aliphatic carbocycles. The van der Waals surface area contributed by atoms with Gasteiger partial charge in [0.1, 0.15) is 6.10 Å². The van der Waals surface area contributed by atoms with Crippen LogP contribution in [0.3, 0.4) is 0 Å². The van der Waals surface area contributed by atoms with Gasteiger partial charge in [0.15, 0.2) is 0 Å². The lowest BCUT2D eigenvalue weighted by molar-refractivity contribution is 0.203. The molecule has 0 bridgehead atoms.